The van der Waals surface area contributed by atoms with Gasteiger partial charge in [-0.15, -0.1) is 0 Å². The molecule has 0 spiro atoms. The molecule has 2 heteroatoms. The van der Waals surface area contributed by atoms with E-state index >= 15 is 0 Å². The zero-order valence-corrected chi connectivity index (χ0v) is 12.7. The molecule has 0 fully saturated rings. The van der Waals surface area contributed by atoms with Crippen molar-refractivity contribution in [2.75, 3.05) is 6.61 Å². The Hall–Kier alpha value is -1.67. The van der Waals surface area contributed by atoms with Crippen LogP contribution >= 0.6 is 12.2 Å². The van der Waals surface area contributed by atoms with Crippen LogP contribution in [-0.2, 0) is 12.8 Å². The Labute approximate surface area is 126 Å². The van der Waals surface area contributed by atoms with Gasteiger partial charge in [-0.05, 0) is 48.1 Å². The molecule has 0 atom stereocenters. The Morgan fingerprint density at radius 2 is 1.75 bits per heavy atom. The Morgan fingerprint density at radius 3 is 2.45 bits per heavy atom. The molecule has 0 N–H and O–H groups in total. The van der Waals surface area contributed by atoms with E-state index in [4.69, 9.17) is 17.0 Å². The van der Waals surface area contributed by atoms with Crippen molar-refractivity contribution in [2.45, 2.75) is 26.2 Å². The second kappa shape index (κ2) is 7.81. The van der Waals surface area contributed by atoms with Gasteiger partial charge in [-0.1, -0.05) is 55.5 Å². The minimum Gasteiger partial charge on any atom is -0.494 e. The van der Waals surface area contributed by atoms with E-state index in [1.807, 2.05) is 6.07 Å². The fourth-order valence-electron chi connectivity index (χ4n) is 2.06. The predicted molar refractivity (Wildman–Crippen MR) is 88.8 cm³/mol. The number of thiocarbonyl (C=S) groups is 1. The Morgan fingerprint density at radius 1 is 1.00 bits per heavy atom. The first-order chi connectivity index (χ1) is 9.81. The number of hydrogen-bond donors (Lipinski definition) is 0. The fourth-order valence-corrected chi connectivity index (χ4v) is 2.22. The van der Waals surface area contributed by atoms with Crippen molar-refractivity contribution in [3.63, 3.8) is 0 Å². The summed E-state index contributed by atoms with van der Waals surface area (Å²) in [6, 6.07) is 16.8. The van der Waals surface area contributed by atoms with E-state index in [0.717, 1.165) is 37.2 Å². The van der Waals surface area contributed by atoms with Gasteiger partial charge in [0.1, 0.15) is 5.75 Å². The Kier molecular flexibility index (Phi) is 5.75. The lowest BCUT2D eigenvalue weighted by Gasteiger charge is -2.07. The summed E-state index contributed by atoms with van der Waals surface area (Å²) in [7, 11) is 0. The lowest BCUT2D eigenvalue weighted by molar-refractivity contribution is 0.317. The van der Waals surface area contributed by atoms with Crippen LogP contribution in [0.3, 0.4) is 0 Å². The number of benzene rings is 2. The monoisotopic (exact) mass is 284 g/mol. The van der Waals surface area contributed by atoms with Crippen LogP contribution in [0.2, 0.25) is 0 Å². The highest BCUT2D eigenvalue weighted by Gasteiger charge is 1.99. The van der Waals surface area contributed by atoms with Gasteiger partial charge >= 0.3 is 0 Å². The maximum Gasteiger partial charge on any atom is 0.119 e. The van der Waals surface area contributed by atoms with E-state index < -0.39 is 0 Å². The van der Waals surface area contributed by atoms with Crippen molar-refractivity contribution in [2.24, 2.45) is 0 Å². The van der Waals surface area contributed by atoms with E-state index in [9.17, 15) is 0 Å². The van der Waals surface area contributed by atoms with E-state index in [0.29, 0.717) is 0 Å². The summed E-state index contributed by atoms with van der Waals surface area (Å²) in [5.74, 6) is 0.973. The molecular formula is C18H20OS. The Balaban J connectivity index is 1.93. The van der Waals surface area contributed by atoms with Crippen LogP contribution in [0.1, 0.15) is 30.0 Å². The number of ether oxygens (including phenoxy) is 1. The molecule has 20 heavy (non-hydrogen) atoms. The molecule has 0 bridgehead atoms. The summed E-state index contributed by atoms with van der Waals surface area (Å²) in [6.45, 7) is 2.90. The molecule has 0 amide bonds. The van der Waals surface area contributed by atoms with Crippen LogP contribution in [0.5, 0.6) is 5.75 Å². The van der Waals surface area contributed by atoms with Gasteiger partial charge in [0.05, 0.1) is 6.61 Å². The molecule has 0 aliphatic carbocycles. The molecule has 2 rings (SSSR count). The third kappa shape index (κ3) is 4.46. The van der Waals surface area contributed by atoms with Gasteiger partial charge in [-0.3, -0.25) is 0 Å². The lowest BCUT2D eigenvalue weighted by atomic mass is 10.0. The minimum atomic E-state index is 0.780. The second-order valence-electron chi connectivity index (χ2n) is 4.86. The molecular weight excluding hydrogens is 264 g/mol. The summed E-state index contributed by atoms with van der Waals surface area (Å²) in [5.41, 5.74) is 3.75. The van der Waals surface area contributed by atoms with Crippen LogP contribution in [0.25, 0.3) is 0 Å². The van der Waals surface area contributed by atoms with Crippen molar-refractivity contribution >= 4 is 17.6 Å². The van der Waals surface area contributed by atoms with Gasteiger partial charge < -0.3 is 4.74 Å². The van der Waals surface area contributed by atoms with Gasteiger partial charge in [-0.25, -0.2) is 0 Å². The van der Waals surface area contributed by atoms with Crippen LogP contribution in [0.4, 0.5) is 0 Å². The third-order valence-electron chi connectivity index (χ3n) is 3.19. The summed E-state index contributed by atoms with van der Waals surface area (Å²) >= 11 is 4.91. The topological polar surface area (TPSA) is 9.23 Å². The van der Waals surface area contributed by atoms with E-state index in [-0.39, 0.29) is 0 Å². The van der Waals surface area contributed by atoms with E-state index in [2.05, 4.69) is 49.4 Å². The van der Waals surface area contributed by atoms with Gasteiger partial charge in [0.25, 0.3) is 0 Å². The first kappa shape index (κ1) is 14.7. The van der Waals surface area contributed by atoms with Gasteiger partial charge in [0.2, 0.25) is 0 Å². The van der Waals surface area contributed by atoms with Crippen molar-refractivity contribution in [1.29, 1.82) is 0 Å². The summed E-state index contributed by atoms with van der Waals surface area (Å²) < 4.78 is 5.66. The minimum absolute atomic E-state index is 0.780. The van der Waals surface area contributed by atoms with Gasteiger partial charge in [-0.2, -0.15) is 0 Å². The molecule has 0 saturated carbocycles. The first-order valence-electron chi connectivity index (χ1n) is 7.07. The first-order valence-corrected chi connectivity index (χ1v) is 7.55. The molecule has 104 valence electrons. The highest BCUT2D eigenvalue weighted by atomic mass is 32.1. The number of aryl methyl sites for hydroxylation is 2. The maximum absolute atomic E-state index is 5.66. The van der Waals surface area contributed by atoms with Crippen molar-refractivity contribution in [3.05, 3.63) is 65.2 Å². The van der Waals surface area contributed by atoms with Crippen LogP contribution in [0, 0.1) is 0 Å². The summed E-state index contributed by atoms with van der Waals surface area (Å²) in [4.78, 5) is 0. The molecule has 0 saturated heterocycles. The molecule has 0 aliphatic heterocycles. The number of rotatable bonds is 7. The average Bonchev–Trinajstić information content (AvgIpc) is 2.52. The SMILES string of the molecule is CCCOc1cccc(CCc2ccc(C=S)cc2)c1. The standard InChI is InChI=1S/C18H20OS/c1-2-12-19-18-5-3-4-16(13-18)9-6-15-7-10-17(14-20)11-8-15/h3-5,7-8,10-11,13-14H,2,6,9,12H2,1H3. The van der Waals surface area contributed by atoms with Crippen molar-refractivity contribution in [3.8, 4) is 5.75 Å². The van der Waals surface area contributed by atoms with E-state index in [1.54, 1.807) is 5.37 Å². The molecule has 2 aromatic carbocycles. The maximum atomic E-state index is 5.66. The Bertz CT molecular complexity index is 546. The predicted octanol–water partition coefficient (Wildman–Crippen LogP) is 4.61. The molecule has 0 radical (unpaired) electrons. The van der Waals surface area contributed by atoms with Gasteiger partial charge in [0.15, 0.2) is 0 Å². The normalized spacial score (nSPS) is 10.2. The molecule has 2 aromatic rings. The smallest absolute Gasteiger partial charge is 0.119 e. The molecule has 0 heterocycles. The van der Waals surface area contributed by atoms with Crippen LogP contribution in [-0.4, -0.2) is 12.0 Å². The molecule has 0 aromatic heterocycles. The van der Waals surface area contributed by atoms with E-state index in [1.165, 1.54) is 11.1 Å². The lowest BCUT2D eigenvalue weighted by Crippen LogP contribution is -1.96. The zero-order chi connectivity index (χ0) is 14.2. The third-order valence-corrected chi connectivity index (χ3v) is 3.46. The quantitative estimate of drug-likeness (QED) is 0.687. The fraction of sp³-hybridized carbons (Fsp3) is 0.278. The van der Waals surface area contributed by atoms with Gasteiger partial charge in [0, 0.05) is 5.37 Å². The molecule has 0 unspecified atom stereocenters. The molecule has 0 aliphatic rings. The average molecular weight is 284 g/mol. The van der Waals surface area contributed by atoms with Crippen molar-refractivity contribution < 1.29 is 4.74 Å². The second-order valence-corrected chi connectivity index (χ2v) is 5.09. The highest BCUT2D eigenvalue weighted by molar-refractivity contribution is 7.79. The highest BCUT2D eigenvalue weighted by Crippen LogP contribution is 2.16. The largest absolute Gasteiger partial charge is 0.494 e. The number of hydrogen-bond acceptors (Lipinski definition) is 2. The summed E-state index contributed by atoms with van der Waals surface area (Å²) in [6.07, 6.45) is 3.10. The molecule has 1 nitrogen and oxygen atoms in total. The van der Waals surface area contributed by atoms with Crippen molar-refractivity contribution in [1.82, 2.24) is 0 Å². The van der Waals surface area contributed by atoms with Crippen LogP contribution < -0.4 is 4.74 Å². The van der Waals surface area contributed by atoms with Crippen LogP contribution in [0.15, 0.2) is 48.5 Å². The summed E-state index contributed by atoms with van der Waals surface area (Å²) in [5, 5.41) is 1.71. The zero-order valence-electron chi connectivity index (χ0n) is 11.8.